The molecular weight excluding hydrogens is 318 g/mol. The van der Waals surface area contributed by atoms with Crippen molar-refractivity contribution >= 4 is 29.4 Å². The van der Waals surface area contributed by atoms with Crippen LogP contribution in [0.2, 0.25) is 0 Å². The normalized spacial score (nSPS) is 13.6. The van der Waals surface area contributed by atoms with Crippen LogP contribution >= 0.6 is 0 Å². The summed E-state index contributed by atoms with van der Waals surface area (Å²) >= 11 is 0. The fourth-order valence-corrected chi connectivity index (χ4v) is 3.09. The summed E-state index contributed by atoms with van der Waals surface area (Å²) < 4.78 is 0. The van der Waals surface area contributed by atoms with Crippen molar-refractivity contribution in [1.82, 2.24) is 0 Å². The summed E-state index contributed by atoms with van der Waals surface area (Å²) in [5.74, 6) is -2.20. The van der Waals surface area contributed by atoms with Crippen molar-refractivity contribution in [3.63, 3.8) is 0 Å². The maximum atomic E-state index is 12.4. The molecule has 0 atom stereocenters. The molecule has 0 spiro atoms. The zero-order valence-electron chi connectivity index (χ0n) is 13.9. The van der Waals surface area contributed by atoms with Crippen molar-refractivity contribution in [2.24, 2.45) is 0 Å². The van der Waals surface area contributed by atoms with Gasteiger partial charge in [0.2, 0.25) is 0 Å². The lowest BCUT2D eigenvalue weighted by atomic mass is 10.1. The zero-order valence-corrected chi connectivity index (χ0v) is 13.9. The van der Waals surface area contributed by atoms with Crippen molar-refractivity contribution in [3.05, 3.63) is 70.3 Å². The molecule has 0 radical (unpaired) electrons. The van der Waals surface area contributed by atoms with E-state index in [-0.39, 0.29) is 0 Å². The van der Waals surface area contributed by atoms with Crippen LogP contribution in [0.3, 0.4) is 0 Å². The van der Waals surface area contributed by atoms with Crippen LogP contribution in [0, 0.1) is 13.8 Å². The number of carbonyl (C=O) groups is 3. The molecule has 0 saturated heterocycles. The number of benzene rings is 2. The number of carboxylic acid groups (broad SMARTS) is 1. The number of nitrogens with zero attached hydrogens (tertiary/aromatic N) is 1. The Morgan fingerprint density at radius 1 is 1.08 bits per heavy atom. The van der Waals surface area contributed by atoms with E-state index >= 15 is 0 Å². The SMILES string of the molecule is Cc1cc(C)cc(CN2C(=O)C(=O)c3cc(/C=C/C(=O)O)ccc32)c1. The number of aryl methyl sites for hydroxylation is 2. The Morgan fingerprint density at radius 3 is 2.40 bits per heavy atom. The zero-order chi connectivity index (χ0) is 18.1. The molecule has 25 heavy (non-hydrogen) atoms. The highest BCUT2D eigenvalue weighted by atomic mass is 16.4. The monoisotopic (exact) mass is 335 g/mol. The third-order valence-corrected chi connectivity index (χ3v) is 4.04. The largest absolute Gasteiger partial charge is 0.478 e. The Hall–Kier alpha value is -3.21. The van der Waals surface area contributed by atoms with Crippen LogP contribution in [0.5, 0.6) is 0 Å². The minimum Gasteiger partial charge on any atom is -0.478 e. The van der Waals surface area contributed by atoms with Crippen molar-refractivity contribution < 1.29 is 19.5 Å². The van der Waals surface area contributed by atoms with Crippen LogP contribution in [0.15, 0.2) is 42.5 Å². The highest BCUT2D eigenvalue weighted by Gasteiger charge is 2.35. The number of fused-ring (bicyclic) bond motifs is 1. The Morgan fingerprint density at radius 2 is 1.76 bits per heavy atom. The highest BCUT2D eigenvalue weighted by molar-refractivity contribution is 6.52. The number of Topliss-reactive ketones (excluding diaryl/α,β-unsaturated/α-hetero) is 1. The van der Waals surface area contributed by atoms with Crippen molar-refractivity contribution in [2.45, 2.75) is 20.4 Å². The molecule has 5 nitrogen and oxygen atoms in total. The van der Waals surface area contributed by atoms with Gasteiger partial charge in [-0.05, 0) is 43.2 Å². The highest BCUT2D eigenvalue weighted by Crippen LogP contribution is 2.31. The average molecular weight is 335 g/mol. The minimum absolute atomic E-state index is 0.307. The number of hydrogen-bond donors (Lipinski definition) is 1. The molecule has 1 aliphatic rings. The third kappa shape index (κ3) is 3.35. The summed E-state index contributed by atoms with van der Waals surface area (Å²) in [5.41, 5.74) is 4.59. The molecule has 1 aliphatic heterocycles. The molecule has 2 aromatic rings. The molecule has 1 amide bonds. The number of aliphatic carboxylic acids is 1. The second-order valence-electron chi connectivity index (χ2n) is 6.16. The van der Waals surface area contributed by atoms with Crippen LogP contribution in [-0.4, -0.2) is 22.8 Å². The van der Waals surface area contributed by atoms with Gasteiger partial charge in [-0.25, -0.2) is 4.79 Å². The van der Waals surface area contributed by atoms with E-state index in [4.69, 9.17) is 5.11 Å². The molecule has 0 fully saturated rings. The van der Waals surface area contributed by atoms with Gasteiger partial charge in [-0.3, -0.25) is 9.59 Å². The molecule has 2 aromatic carbocycles. The van der Waals surface area contributed by atoms with Gasteiger partial charge in [0.25, 0.3) is 11.7 Å². The Labute approximate surface area is 145 Å². The van der Waals surface area contributed by atoms with Gasteiger partial charge in [0, 0.05) is 6.08 Å². The Kier molecular flexibility index (Phi) is 4.23. The summed E-state index contributed by atoms with van der Waals surface area (Å²) in [4.78, 5) is 36.8. The first-order valence-electron chi connectivity index (χ1n) is 7.83. The molecule has 5 heteroatoms. The number of amides is 1. The molecule has 126 valence electrons. The summed E-state index contributed by atoms with van der Waals surface area (Å²) in [6.07, 6.45) is 2.39. The minimum atomic E-state index is -1.07. The van der Waals surface area contributed by atoms with Crippen LogP contribution in [0.1, 0.15) is 32.6 Å². The van der Waals surface area contributed by atoms with Gasteiger partial charge in [-0.2, -0.15) is 0 Å². The average Bonchev–Trinajstić information content (AvgIpc) is 2.77. The lowest BCUT2D eigenvalue weighted by Crippen LogP contribution is -2.29. The van der Waals surface area contributed by atoms with Gasteiger partial charge < -0.3 is 10.0 Å². The summed E-state index contributed by atoms with van der Waals surface area (Å²) in [5, 5.41) is 8.70. The molecule has 3 rings (SSSR count). The first-order valence-corrected chi connectivity index (χ1v) is 7.83. The van der Waals surface area contributed by atoms with Crippen molar-refractivity contribution in [3.8, 4) is 0 Å². The molecule has 0 bridgehead atoms. The first-order chi connectivity index (χ1) is 11.8. The number of carboxylic acids is 1. The molecule has 1 N–H and O–H groups in total. The quantitative estimate of drug-likeness (QED) is 0.688. The van der Waals surface area contributed by atoms with Gasteiger partial charge in [-0.1, -0.05) is 35.4 Å². The summed E-state index contributed by atoms with van der Waals surface area (Å²) in [6, 6.07) is 11.0. The molecule has 0 saturated carbocycles. The maximum Gasteiger partial charge on any atom is 0.328 e. The van der Waals surface area contributed by atoms with E-state index in [0.29, 0.717) is 23.4 Å². The molecule has 0 unspecified atom stereocenters. The van der Waals surface area contributed by atoms with Crippen LogP contribution in [-0.2, 0) is 16.1 Å². The van der Waals surface area contributed by atoms with Crippen molar-refractivity contribution in [1.29, 1.82) is 0 Å². The van der Waals surface area contributed by atoms with Gasteiger partial charge in [0.15, 0.2) is 0 Å². The van der Waals surface area contributed by atoms with E-state index in [1.54, 1.807) is 18.2 Å². The first kappa shape index (κ1) is 16.6. The summed E-state index contributed by atoms with van der Waals surface area (Å²) in [6.45, 7) is 4.30. The van der Waals surface area contributed by atoms with Gasteiger partial charge in [0.05, 0.1) is 17.8 Å². The standard InChI is InChI=1S/C20H17NO4/c1-12-7-13(2)9-15(8-12)11-21-17-5-3-14(4-6-18(22)23)10-16(17)19(24)20(21)25/h3-10H,11H2,1-2H3,(H,22,23)/b6-4+. The molecule has 1 heterocycles. The van der Waals surface area contributed by atoms with E-state index in [1.165, 1.54) is 11.0 Å². The third-order valence-electron chi connectivity index (χ3n) is 4.04. The van der Waals surface area contributed by atoms with Gasteiger partial charge in [-0.15, -0.1) is 0 Å². The lowest BCUT2D eigenvalue weighted by molar-refractivity contribution is -0.131. The lowest BCUT2D eigenvalue weighted by Gasteiger charge is -2.17. The van der Waals surface area contributed by atoms with E-state index in [1.807, 2.05) is 26.0 Å². The second kappa shape index (κ2) is 6.36. The topological polar surface area (TPSA) is 74.7 Å². The van der Waals surface area contributed by atoms with Gasteiger partial charge in [0.1, 0.15) is 0 Å². The number of anilines is 1. The fraction of sp³-hybridized carbons (Fsp3) is 0.150. The smallest absolute Gasteiger partial charge is 0.328 e. The molecular formula is C20H17NO4. The van der Waals surface area contributed by atoms with E-state index in [2.05, 4.69) is 6.07 Å². The molecule has 0 aromatic heterocycles. The maximum absolute atomic E-state index is 12.4. The Bertz CT molecular complexity index is 907. The van der Waals surface area contributed by atoms with E-state index < -0.39 is 17.7 Å². The van der Waals surface area contributed by atoms with Crippen molar-refractivity contribution in [2.75, 3.05) is 4.90 Å². The number of carbonyl (C=O) groups excluding carboxylic acids is 2. The van der Waals surface area contributed by atoms with Crippen LogP contribution in [0.25, 0.3) is 6.08 Å². The van der Waals surface area contributed by atoms with Crippen LogP contribution in [0.4, 0.5) is 5.69 Å². The van der Waals surface area contributed by atoms with Gasteiger partial charge >= 0.3 is 5.97 Å². The fourth-order valence-electron chi connectivity index (χ4n) is 3.09. The second-order valence-corrected chi connectivity index (χ2v) is 6.16. The summed E-state index contributed by atoms with van der Waals surface area (Å²) in [7, 11) is 0. The number of hydrogen-bond acceptors (Lipinski definition) is 3. The predicted octanol–water partition coefficient (Wildman–Crippen LogP) is 3.13. The van der Waals surface area contributed by atoms with Crippen LogP contribution < -0.4 is 4.90 Å². The Balaban J connectivity index is 1.95. The number of rotatable bonds is 4. The molecule has 0 aliphatic carbocycles. The van der Waals surface area contributed by atoms with E-state index in [0.717, 1.165) is 22.8 Å². The predicted molar refractivity (Wildman–Crippen MR) is 94.5 cm³/mol. The van der Waals surface area contributed by atoms with E-state index in [9.17, 15) is 14.4 Å². The number of ketones is 1.